The predicted octanol–water partition coefficient (Wildman–Crippen LogP) is 3.99. The van der Waals surface area contributed by atoms with Crippen molar-refractivity contribution in [1.29, 1.82) is 0 Å². The normalized spacial score (nSPS) is 17.2. The van der Waals surface area contributed by atoms with Crippen LogP contribution in [0.25, 0.3) is 0 Å². The molecule has 2 aromatic rings. The molecule has 0 bridgehead atoms. The van der Waals surface area contributed by atoms with Gasteiger partial charge in [0.05, 0.1) is 18.9 Å². The minimum atomic E-state index is 0.193. The first-order valence-corrected chi connectivity index (χ1v) is 9.18. The Kier molecular flexibility index (Phi) is 4.74. The van der Waals surface area contributed by atoms with Crippen molar-refractivity contribution >= 4 is 29.0 Å². The maximum Gasteiger partial charge on any atom is 0.233 e. The van der Waals surface area contributed by atoms with Crippen molar-refractivity contribution in [2.24, 2.45) is 0 Å². The minimum Gasteiger partial charge on any atom is -0.497 e. The monoisotopic (exact) mass is 333 g/mol. The van der Waals surface area contributed by atoms with Crippen LogP contribution in [0.3, 0.4) is 0 Å². The van der Waals surface area contributed by atoms with Gasteiger partial charge in [-0.2, -0.15) is 0 Å². The molecule has 0 saturated carbocycles. The number of benzene rings is 1. The van der Waals surface area contributed by atoms with Crippen molar-refractivity contribution in [3.8, 4) is 5.75 Å². The molecule has 1 atom stereocenters. The molecule has 0 spiro atoms. The van der Waals surface area contributed by atoms with E-state index in [9.17, 15) is 4.79 Å². The molecule has 0 fully saturated rings. The van der Waals surface area contributed by atoms with Crippen molar-refractivity contribution in [1.82, 2.24) is 4.90 Å². The van der Waals surface area contributed by atoms with E-state index in [4.69, 9.17) is 4.74 Å². The van der Waals surface area contributed by atoms with E-state index in [1.165, 1.54) is 10.4 Å². The molecule has 0 unspecified atom stereocenters. The molecule has 3 rings (SSSR count). The zero-order valence-electron chi connectivity index (χ0n) is 12.7. The highest BCUT2D eigenvalue weighted by atomic mass is 32.2. The SMILES string of the molecule is COc1ccc(SCC(=O)N2CCc3sccc3[C@H]2C)cc1. The molecule has 116 valence electrons. The quantitative estimate of drug-likeness (QED) is 0.792. The van der Waals surface area contributed by atoms with Crippen LogP contribution in [0.2, 0.25) is 0 Å². The van der Waals surface area contributed by atoms with E-state index < -0.39 is 0 Å². The number of fused-ring (bicyclic) bond motifs is 1. The summed E-state index contributed by atoms with van der Waals surface area (Å²) >= 11 is 3.38. The molecule has 1 amide bonds. The van der Waals surface area contributed by atoms with Crippen molar-refractivity contribution in [2.45, 2.75) is 24.3 Å². The molecule has 0 saturated heterocycles. The molecule has 0 radical (unpaired) electrons. The van der Waals surface area contributed by atoms with Gasteiger partial charge in [0.15, 0.2) is 0 Å². The number of thiophene rings is 1. The Balaban J connectivity index is 1.60. The molecule has 3 nitrogen and oxygen atoms in total. The van der Waals surface area contributed by atoms with Crippen molar-refractivity contribution in [3.05, 3.63) is 46.2 Å². The maximum absolute atomic E-state index is 12.5. The summed E-state index contributed by atoms with van der Waals surface area (Å²) in [7, 11) is 1.65. The summed E-state index contributed by atoms with van der Waals surface area (Å²) in [5, 5.41) is 2.13. The minimum absolute atomic E-state index is 0.193. The lowest BCUT2D eigenvalue weighted by Gasteiger charge is -2.33. The van der Waals surface area contributed by atoms with E-state index in [2.05, 4.69) is 18.4 Å². The van der Waals surface area contributed by atoms with E-state index in [-0.39, 0.29) is 11.9 Å². The Morgan fingerprint density at radius 2 is 2.14 bits per heavy atom. The first-order valence-electron chi connectivity index (χ1n) is 7.31. The van der Waals surface area contributed by atoms with Crippen LogP contribution < -0.4 is 4.74 Å². The fourth-order valence-electron chi connectivity index (χ4n) is 2.75. The van der Waals surface area contributed by atoms with Gasteiger partial charge >= 0.3 is 0 Å². The Morgan fingerprint density at radius 3 is 2.86 bits per heavy atom. The zero-order chi connectivity index (χ0) is 15.5. The fraction of sp³-hybridized carbons (Fsp3) is 0.353. The van der Waals surface area contributed by atoms with Gasteiger partial charge in [-0.15, -0.1) is 23.1 Å². The van der Waals surface area contributed by atoms with Gasteiger partial charge in [-0.05, 0) is 54.6 Å². The maximum atomic E-state index is 12.5. The molecule has 1 aromatic carbocycles. The molecular weight excluding hydrogens is 314 g/mol. The largest absolute Gasteiger partial charge is 0.497 e. The molecule has 5 heteroatoms. The first kappa shape index (κ1) is 15.4. The number of methoxy groups -OCH3 is 1. The third kappa shape index (κ3) is 3.15. The van der Waals surface area contributed by atoms with E-state index in [0.717, 1.165) is 23.6 Å². The standard InChI is InChI=1S/C17H19NO2S2/c1-12-15-8-10-21-16(15)7-9-18(12)17(19)11-22-14-5-3-13(20-2)4-6-14/h3-6,8,10,12H,7,9,11H2,1-2H3/t12-/m1/s1. The highest BCUT2D eigenvalue weighted by molar-refractivity contribution is 8.00. The van der Waals surface area contributed by atoms with Gasteiger partial charge in [0.2, 0.25) is 5.91 Å². The number of hydrogen-bond donors (Lipinski definition) is 0. The summed E-state index contributed by atoms with van der Waals surface area (Å²) in [6.07, 6.45) is 0.982. The highest BCUT2D eigenvalue weighted by Gasteiger charge is 2.27. The van der Waals surface area contributed by atoms with Crippen LogP contribution >= 0.6 is 23.1 Å². The Hall–Kier alpha value is -1.46. The van der Waals surface area contributed by atoms with Crippen LogP contribution in [0, 0.1) is 0 Å². The third-order valence-electron chi connectivity index (χ3n) is 4.02. The second-order valence-electron chi connectivity index (χ2n) is 5.28. The van der Waals surface area contributed by atoms with Gasteiger partial charge in [-0.25, -0.2) is 0 Å². The summed E-state index contributed by atoms with van der Waals surface area (Å²) in [4.78, 5) is 17.0. The van der Waals surface area contributed by atoms with Crippen LogP contribution in [-0.2, 0) is 11.2 Å². The molecule has 0 N–H and O–H groups in total. The lowest BCUT2D eigenvalue weighted by molar-refractivity contribution is -0.130. The number of rotatable bonds is 4. The van der Waals surface area contributed by atoms with Crippen molar-refractivity contribution in [3.63, 3.8) is 0 Å². The molecule has 1 aliphatic rings. The summed E-state index contributed by atoms with van der Waals surface area (Å²) in [6, 6.07) is 10.2. The number of amides is 1. The van der Waals surface area contributed by atoms with Crippen molar-refractivity contribution < 1.29 is 9.53 Å². The van der Waals surface area contributed by atoms with Gasteiger partial charge in [-0.1, -0.05) is 0 Å². The smallest absolute Gasteiger partial charge is 0.233 e. The zero-order valence-corrected chi connectivity index (χ0v) is 14.4. The summed E-state index contributed by atoms with van der Waals surface area (Å²) in [5.74, 6) is 1.53. The second kappa shape index (κ2) is 6.75. The third-order valence-corrected chi connectivity index (χ3v) is 6.01. The van der Waals surface area contributed by atoms with Crippen molar-refractivity contribution in [2.75, 3.05) is 19.4 Å². The second-order valence-corrected chi connectivity index (χ2v) is 7.33. The Bertz CT molecular complexity index is 651. The highest BCUT2D eigenvalue weighted by Crippen LogP contribution is 2.33. The number of hydrogen-bond acceptors (Lipinski definition) is 4. The van der Waals surface area contributed by atoms with Crippen LogP contribution in [0.15, 0.2) is 40.6 Å². The molecule has 1 aliphatic heterocycles. The average Bonchev–Trinajstić information content (AvgIpc) is 3.03. The number of ether oxygens (including phenoxy) is 1. The van der Waals surface area contributed by atoms with Crippen LogP contribution in [0.5, 0.6) is 5.75 Å². The van der Waals surface area contributed by atoms with E-state index in [1.54, 1.807) is 30.2 Å². The molecule has 2 heterocycles. The average molecular weight is 333 g/mol. The predicted molar refractivity (Wildman–Crippen MR) is 91.9 cm³/mol. The van der Waals surface area contributed by atoms with Gasteiger partial charge in [0.25, 0.3) is 0 Å². The van der Waals surface area contributed by atoms with Gasteiger partial charge in [0, 0.05) is 16.3 Å². The first-order chi connectivity index (χ1) is 10.7. The van der Waals surface area contributed by atoms with Gasteiger partial charge in [-0.3, -0.25) is 4.79 Å². The molecular formula is C17H19NO2S2. The Labute approximate surface area is 139 Å². The molecule has 1 aromatic heterocycles. The summed E-state index contributed by atoms with van der Waals surface area (Å²) < 4.78 is 5.15. The van der Waals surface area contributed by atoms with Gasteiger partial charge < -0.3 is 9.64 Å². The van der Waals surface area contributed by atoms with Gasteiger partial charge in [0.1, 0.15) is 5.75 Å². The number of nitrogens with zero attached hydrogens (tertiary/aromatic N) is 1. The molecule has 0 aliphatic carbocycles. The molecule has 22 heavy (non-hydrogen) atoms. The topological polar surface area (TPSA) is 29.5 Å². The van der Waals surface area contributed by atoms with E-state index >= 15 is 0 Å². The van der Waals surface area contributed by atoms with Crippen LogP contribution in [0.4, 0.5) is 0 Å². The summed E-state index contributed by atoms with van der Waals surface area (Å²) in [5.41, 5.74) is 1.32. The van der Waals surface area contributed by atoms with E-state index in [1.807, 2.05) is 29.2 Å². The summed E-state index contributed by atoms with van der Waals surface area (Å²) in [6.45, 7) is 2.96. The number of carbonyl (C=O) groups is 1. The van der Waals surface area contributed by atoms with Crippen LogP contribution in [0.1, 0.15) is 23.4 Å². The van der Waals surface area contributed by atoms with E-state index in [0.29, 0.717) is 5.75 Å². The Morgan fingerprint density at radius 1 is 1.36 bits per heavy atom. The number of carbonyl (C=O) groups excluding carboxylic acids is 1. The number of thioether (sulfide) groups is 1. The lowest BCUT2D eigenvalue weighted by atomic mass is 10.0. The lowest BCUT2D eigenvalue weighted by Crippen LogP contribution is -2.39. The fourth-order valence-corrected chi connectivity index (χ4v) is 4.50. The van der Waals surface area contributed by atoms with Crippen LogP contribution in [-0.4, -0.2) is 30.2 Å².